The molecule has 25 heavy (non-hydrogen) atoms. The first kappa shape index (κ1) is 16.0. The average molecular weight is 354 g/mol. The second-order valence-electron chi connectivity index (χ2n) is 6.46. The number of piperidine rings is 1. The van der Waals surface area contributed by atoms with Crippen LogP contribution in [0.15, 0.2) is 48.5 Å². The molecule has 2 aromatic carbocycles. The van der Waals surface area contributed by atoms with Crippen molar-refractivity contribution in [2.45, 2.75) is 19.3 Å². The van der Waals surface area contributed by atoms with Gasteiger partial charge in [0, 0.05) is 40.4 Å². The van der Waals surface area contributed by atoms with Gasteiger partial charge in [0.15, 0.2) is 0 Å². The lowest BCUT2D eigenvalue weighted by molar-refractivity contribution is 0.102. The van der Waals surface area contributed by atoms with Crippen molar-refractivity contribution in [3.05, 3.63) is 59.2 Å². The number of aromatic amines is 1. The van der Waals surface area contributed by atoms with Crippen LogP contribution < -0.4 is 10.2 Å². The van der Waals surface area contributed by atoms with E-state index < -0.39 is 0 Å². The van der Waals surface area contributed by atoms with Crippen molar-refractivity contribution in [1.82, 2.24) is 4.98 Å². The van der Waals surface area contributed by atoms with E-state index in [2.05, 4.69) is 27.3 Å². The molecule has 1 aliphatic heterocycles. The van der Waals surface area contributed by atoms with E-state index in [1.54, 1.807) is 6.07 Å². The number of halogens is 1. The number of fused-ring (bicyclic) bond motifs is 1. The van der Waals surface area contributed by atoms with Gasteiger partial charge in [-0.05, 0) is 67.8 Å². The van der Waals surface area contributed by atoms with Crippen LogP contribution in [-0.4, -0.2) is 24.0 Å². The average Bonchev–Trinajstić information content (AvgIpc) is 3.06. The normalized spacial score (nSPS) is 14.7. The van der Waals surface area contributed by atoms with Gasteiger partial charge in [-0.1, -0.05) is 11.6 Å². The Bertz CT molecular complexity index is 895. The predicted octanol–water partition coefficient (Wildman–Crippen LogP) is 5.06. The predicted molar refractivity (Wildman–Crippen MR) is 104 cm³/mol. The highest BCUT2D eigenvalue weighted by atomic mass is 35.5. The molecule has 1 amide bonds. The van der Waals surface area contributed by atoms with Crippen molar-refractivity contribution < 1.29 is 4.79 Å². The van der Waals surface area contributed by atoms with Crippen LogP contribution in [0.5, 0.6) is 0 Å². The Morgan fingerprint density at radius 1 is 1.00 bits per heavy atom. The van der Waals surface area contributed by atoms with Crippen molar-refractivity contribution in [1.29, 1.82) is 0 Å². The van der Waals surface area contributed by atoms with E-state index in [1.807, 2.05) is 30.3 Å². The third kappa shape index (κ3) is 3.49. The Morgan fingerprint density at radius 3 is 2.52 bits per heavy atom. The van der Waals surface area contributed by atoms with Crippen molar-refractivity contribution in [2.24, 2.45) is 0 Å². The minimum Gasteiger partial charge on any atom is -0.372 e. The zero-order valence-electron chi connectivity index (χ0n) is 13.9. The van der Waals surface area contributed by atoms with Gasteiger partial charge >= 0.3 is 0 Å². The molecule has 1 saturated heterocycles. The molecule has 0 radical (unpaired) electrons. The number of anilines is 2. The minimum absolute atomic E-state index is 0.155. The number of rotatable bonds is 3. The van der Waals surface area contributed by atoms with Gasteiger partial charge in [-0.3, -0.25) is 4.79 Å². The van der Waals surface area contributed by atoms with E-state index in [9.17, 15) is 4.79 Å². The Balaban J connectivity index is 1.47. The summed E-state index contributed by atoms with van der Waals surface area (Å²) in [5, 5.41) is 4.53. The highest BCUT2D eigenvalue weighted by molar-refractivity contribution is 6.31. The number of carbonyl (C=O) groups is 1. The van der Waals surface area contributed by atoms with E-state index in [4.69, 9.17) is 11.6 Å². The molecular formula is C20H20ClN3O. The fourth-order valence-corrected chi connectivity index (χ4v) is 3.51. The number of nitrogens with one attached hydrogen (secondary N) is 2. The number of hydrogen-bond acceptors (Lipinski definition) is 2. The lowest BCUT2D eigenvalue weighted by Gasteiger charge is -2.28. The number of carbonyl (C=O) groups excluding carboxylic acids is 1. The smallest absolute Gasteiger partial charge is 0.272 e. The molecule has 3 aromatic rings. The molecule has 128 valence electrons. The molecular weight excluding hydrogens is 334 g/mol. The molecule has 1 fully saturated rings. The van der Waals surface area contributed by atoms with E-state index in [-0.39, 0.29) is 5.91 Å². The quantitative estimate of drug-likeness (QED) is 0.691. The number of benzene rings is 2. The monoisotopic (exact) mass is 353 g/mol. The summed E-state index contributed by atoms with van der Waals surface area (Å²) in [7, 11) is 0. The maximum atomic E-state index is 12.5. The molecule has 2 heterocycles. The second-order valence-corrected chi connectivity index (χ2v) is 6.90. The van der Waals surface area contributed by atoms with Crippen molar-refractivity contribution in [3.63, 3.8) is 0 Å². The summed E-state index contributed by atoms with van der Waals surface area (Å²) in [5.74, 6) is -0.155. The zero-order chi connectivity index (χ0) is 17.2. The molecule has 0 spiro atoms. The number of amides is 1. The maximum absolute atomic E-state index is 12.5. The molecule has 0 unspecified atom stereocenters. The Hall–Kier alpha value is -2.46. The summed E-state index contributed by atoms with van der Waals surface area (Å²) in [5.41, 5.74) is 3.44. The first-order valence-electron chi connectivity index (χ1n) is 8.64. The van der Waals surface area contributed by atoms with Gasteiger partial charge < -0.3 is 15.2 Å². The van der Waals surface area contributed by atoms with Gasteiger partial charge in [-0.2, -0.15) is 0 Å². The van der Waals surface area contributed by atoms with Gasteiger partial charge in [0.1, 0.15) is 5.69 Å². The molecule has 2 N–H and O–H groups in total. The molecule has 0 atom stereocenters. The Morgan fingerprint density at radius 2 is 1.76 bits per heavy atom. The molecule has 4 rings (SSSR count). The summed E-state index contributed by atoms with van der Waals surface area (Å²) < 4.78 is 0. The molecule has 0 aliphatic carbocycles. The second kappa shape index (κ2) is 6.81. The molecule has 1 aliphatic rings. The molecule has 1 aromatic heterocycles. The van der Waals surface area contributed by atoms with Crippen LogP contribution in [0.4, 0.5) is 11.4 Å². The number of hydrogen-bond donors (Lipinski definition) is 2. The van der Waals surface area contributed by atoms with E-state index in [0.717, 1.165) is 29.7 Å². The molecule has 4 nitrogen and oxygen atoms in total. The summed E-state index contributed by atoms with van der Waals surface area (Å²) in [6, 6.07) is 15.4. The fourth-order valence-electron chi connectivity index (χ4n) is 3.33. The van der Waals surface area contributed by atoms with Crippen LogP contribution in [0, 0.1) is 0 Å². The summed E-state index contributed by atoms with van der Waals surface area (Å²) in [6.45, 7) is 2.23. The first-order chi connectivity index (χ1) is 12.2. The standard InChI is InChI=1S/C20H20ClN3O/c21-15-4-9-18-14(12-15)13-19(23-18)20(25)22-16-5-7-17(8-6-16)24-10-2-1-3-11-24/h4-9,12-13,23H,1-3,10-11H2,(H,22,25). The summed E-state index contributed by atoms with van der Waals surface area (Å²) in [6.07, 6.45) is 3.83. The molecule has 5 heteroatoms. The van der Waals surface area contributed by atoms with Crippen LogP contribution in [0.25, 0.3) is 10.9 Å². The molecule has 0 saturated carbocycles. The van der Waals surface area contributed by atoms with E-state index >= 15 is 0 Å². The molecule has 0 bridgehead atoms. The Kier molecular flexibility index (Phi) is 4.36. The third-order valence-corrected chi connectivity index (χ3v) is 4.91. The van der Waals surface area contributed by atoms with Crippen molar-refractivity contribution in [3.8, 4) is 0 Å². The van der Waals surface area contributed by atoms with Crippen molar-refractivity contribution >= 4 is 39.8 Å². The third-order valence-electron chi connectivity index (χ3n) is 4.67. The lowest BCUT2D eigenvalue weighted by Crippen LogP contribution is -2.29. The van der Waals surface area contributed by atoms with Gasteiger partial charge in [0.2, 0.25) is 0 Å². The highest BCUT2D eigenvalue weighted by Gasteiger charge is 2.12. The van der Waals surface area contributed by atoms with E-state index in [1.165, 1.54) is 24.9 Å². The highest BCUT2D eigenvalue weighted by Crippen LogP contribution is 2.23. The van der Waals surface area contributed by atoms with Gasteiger partial charge in [-0.25, -0.2) is 0 Å². The van der Waals surface area contributed by atoms with Gasteiger partial charge in [-0.15, -0.1) is 0 Å². The first-order valence-corrected chi connectivity index (χ1v) is 9.01. The number of nitrogens with zero attached hydrogens (tertiary/aromatic N) is 1. The largest absolute Gasteiger partial charge is 0.372 e. The topological polar surface area (TPSA) is 48.1 Å². The van der Waals surface area contributed by atoms with Crippen LogP contribution >= 0.6 is 11.6 Å². The zero-order valence-corrected chi connectivity index (χ0v) is 14.6. The summed E-state index contributed by atoms with van der Waals surface area (Å²) >= 11 is 6.00. The van der Waals surface area contributed by atoms with Gasteiger partial charge in [0.05, 0.1) is 0 Å². The fraction of sp³-hybridized carbons (Fsp3) is 0.250. The number of H-pyrrole nitrogens is 1. The number of aromatic nitrogens is 1. The lowest BCUT2D eigenvalue weighted by atomic mass is 10.1. The van der Waals surface area contributed by atoms with E-state index in [0.29, 0.717) is 10.7 Å². The maximum Gasteiger partial charge on any atom is 0.272 e. The van der Waals surface area contributed by atoms with Crippen LogP contribution in [0.1, 0.15) is 29.8 Å². The summed E-state index contributed by atoms with van der Waals surface area (Å²) in [4.78, 5) is 18.0. The van der Waals surface area contributed by atoms with Crippen LogP contribution in [0.2, 0.25) is 5.02 Å². The minimum atomic E-state index is -0.155. The van der Waals surface area contributed by atoms with Crippen LogP contribution in [-0.2, 0) is 0 Å². The van der Waals surface area contributed by atoms with Crippen molar-refractivity contribution in [2.75, 3.05) is 23.3 Å². The SMILES string of the molecule is O=C(Nc1ccc(N2CCCCC2)cc1)c1cc2cc(Cl)ccc2[nH]1. The van der Waals surface area contributed by atoms with Crippen LogP contribution in [0.3, 0.4) is 0 Å². The van der Waals surface area contributed by atoms with Gasteiger partial charge in [0.25, 0.3) is 5.91 Å². The Labute approximate surface area is 151 Å².